The van der Waals surface area contributed by atoms with Crippen molar-refractivity contribution >= 4 is 0 Å². The lowest BCUT2D eigenvalue weighted by atomic mass is 9.81. The predicted octanol–water partition coefficient (Wildman–Crippen LogP) is 2.76. The SMILES string of the molecule is C1=CC23C=CCC2=CC(=C1)C3. The fraction of sp³-hybridized carbons (Fsp3) is 0.273. The number of hydrogen-bond acceptors (Lipinski definition) is 0. The van der Waals surface area contributed by atoms with Crippen LogP contribution in [0.4, 0.5) is 0 Å². The lowest BCUT2D eigenvalue weighted by Crippen LogP contribution is -2.11. The molecule has 0 saturated carbocycles. The first kappa shape index (κ1) is 5.59. The van der Waals surface area contributed by atoms with E-state index in [2.05, 4.69) is 36.5 Å². The molecule has 0 N–H and O–H groups in total. The van der Waals surface area contributed by atoms with Gasteiger partial charge >= 0.3 is 0 Å². The lowest BCUT2D eigenvalue weighted by molar-refractivity contribution is 0.620. The van der Waals surface area contributed by atoms with Gasteiger partial charge in [0.1, 0.15) is 0 Å². The summed E-state index contributed by atoms with van der Waals surface area (Å²) in [7, 11) is 0. The third-order valence-corrected chi connectivity index (χ3v) is 2.91. The molecular weight excluding hydrogens is 132 g/mol. The molecule has 0 amide bonds. The maximum absolute atomic E-state index is 2.36. The van der Waals surface area contributed by atoms with Crippen LogP contribution in [-0.4, -0.2) is 0 Å². The Morgan fingerprint density at radius 1 is 1.27 bits per heavy atom. The second kappa shape index (κ2) is 1.58. The van der Waals surface area contributed by atoms with Gasteiger partial charge in [0.2, 0.25) is 0 Å². The van der Waals surface area contributed by atoms with Gasteiger partial charge in [0.15, 0.2) is 0 Å². The fourth-order valence-electron chi connectivity index (χ4n) is 2.34. The van der Waals surface area contributed by atoms with Gasteiger partial charge in [-0.05, 0) is 18.4 Å². The zero-order valence-electron chi connectivity index (χ0n) is 6.38. The van der Waals surface area contributed by atoms with E-state index in [1.807, 2.05) is 0 Å². The van der Waals surface area contributed by atoms with Gasteiger partial charge in [-0.1, -0.05) is 42.0 Å². The van der Waals surface area contributed by atoms with Crippen LogP contribution in [0.2, 0.25) is 0 Å². The maximum Gasteiger partial charge on any atom is 0.0321 e. The predicted molar refractivity (Wildman–Crippen MR) is 46.1 cm³/mol. The number of fused-ring (bicyclic) bond motifs is 1. The molecule has 0 aromatic rings. The van der Waals surface area contributed by atoms with E-state index >= 15 is 0 Å². The average Bonchev–Trinajstić information content (AvgIpc) is 2.43. The van der Waals surface area contributed by atoms with Crippen molar-refractivity contribution in [3.05, 3.63) is 47.6 Å². The maximum atomic E-state index is 2.36. The Bertz CT molecular complexity index is 326. The van der Waals surface area contributed by atoms with E-state index in [-0.39, 0.29) is 0 Å². The molecule has 1 atom stereocenters. The Kier molecular flexibility index (Phi) is 0.803. The summed E-state index contributed by atoms with van der Waals surface area (Å²) in [5.41, 5.74) is 3.44. The van der Waals surface area contributed by atoms with E-state index in [0.717, 1.165) is 0 Å². The molecule has 0 aliphatic heterocycles. The summed E-state index contributed by atoms with van der Waals surface area (Å²) in [6, 6.07) is 0. The first-order valence-corrected chi connectivity index (χ1v) is 4.16. The lowest BCUT2D eigenvalue weighted by Gasteiger charge is -2.21. The van der Waals surface area contributed by atoms with Gasteiger partial charge < -0.3 is 0 Å². The Morgan fingerprint density at radius 3 is 3.27 bits per heavy atom. The van der Waals surface area contributed by atoms with Crippen LogP contribution in [0.15, 0.2) is 47.6 Å². The van der Waals surface area contributed by atoms with Crippen molar-refractivity contribution in [2.45, 2.75) is 12.8 Å². The first-order valence-electron chi connectivity index (χ1n) is 4.16. The number of hydrogen-bond donors (Lipinski definition) is 0. The molecule has 1 spiro atoms. The molecule has 0 nitrogen and oxygen atoms in total. The fourth-order valence-corrected chi connectivity index (χ4v) is 2.34. The van der Waals surface area contributed by atoms with Crippen molar-refractivity contribution in [3.8, 4) is 0 Å². The third-order valence-electron chi connectivity index (χ3n) is 2.91. The van der Waals surface area contributed by atoms with Gasteiger partial charge in [0, 0.05) is 5.41 Å². The van der Waals surface area contributed by atoms with Crippen molar-refractivity contribution in [2.75, 3.05) is 0 Å². The minimum absolute atomic E-state index is 0.337. The van der Waals surface area contributed by atoms with E-state index in [1.54, 1.807) is 5.57 Å². The average molecular weight is 142 g/mol. The molecule has 54 valence electrons. The van der Waals surface area contributed by atoms with Gasteiger partial charge in [-0.3, -0.25) is 0 Å². The third kappa shape index (κ3) is 0.555. The van der Waals surface area contributed by atoms with Crippen LogP contribution >= 0.6 is 0 Å². The Morgan fingerprint density at radius 2 is 2.27 bits per heavy atom. The molecule has 3 rings (SSSR count). The van der Waals surface area contributed by atoms with Crippen molar-refractivity contribution in [1.29, 1.82) is 0 Å². The highest BCUT2D eigenvalue weighted by Gasteiger charge is 2.37. The van der Waals surface area contributed by atoms with Gasteiger partial charge in [0.25, 0.3) is 0 Å². The van der Waals surface area contributed by atoms with Crippen molar-refractivity contribution in [1.82, 2.24) is 0 Å². The highest BCUT2D eigenvalue weighted by molar-refractivity contribution is 5.52. The number of allylic oxidation sites excluding steroid dienone is 8. The van der Waals surface area contributed by atoms with Crippen LogP contribution in [0, 0.1) is 5.41 Å². The van der Waals surface area contributed by atoms with E-state index in [9.17, 15) is 0 Å². The minimum atomic E-state index is 0.337. The molecule has 0 saturated heterocycles. The summed E-state index contributed by atoms with van der Waals surface area (Å²) >= 11 is 0. The van der Waals surface area contributed by atoms with E-state index in [4.69, 9.17) is 0 Å². The van der Waals surface area contributed by atoms with Crippen LogP contribution in [0.25, 0.3) is 0 Å². The molecule has 0 heterocycles. The summed E-state index contributed by atoms with van der Waals surface area (Å²) in [5.74, 6) is 0. The van der Waals surface area contributed by atoms with Crippen LogP contribution in [0.3, 0.4) is 0 Å². The molecule has 3 aliphatic carbocycles. The van der Waals surface area contributed by atoms with Crippen molar-refractivity contribution < 1.29 is 0 Å². The monoisotopic (exact) mass is 142 g/mol. The van der Waals surface area contributed by atoms with Crippen molar-refractivity contribution in [2.24, 2.45) is 5.41 Å². The molecule has 0 aromatic heterocycles. The van der Waals surface area contributed by atoms with Gasteiger partial charge in [-0.15, -0.1) is 0 Å². The Balaban J connectivity index is 2.26. The van der Waals surface area contributed by atoms with Gasteiger partial charge in [-0.25, -0.2) is 0 Å². The smallest absolute Gasteiger partial charge is 0.0321 e. The molecule has 1 unspecified atom stereocenters. The second-order valence-corrected chi connectivity index (χ2v) is 3.59. The van der Waals surface area contributed by atoms with Crippen molar-refractivity contribution in [3.63, 3.8) is 0 Å². The van der Waals surface area contributed by atoms with Crippen LogP contribution < -0.4 is 0 Å². The number of rotatable bonds is 0. The van der Waals surface area contributed by atoms with Crippen LogP contribution in [-0.2, 0) is 0 Å². The zero-order valence-corrected chi connectivity index (χ0v) is 6.38. The molecule has 3 aliphatic rings. The molecule has 0 aromatic carbocycles. The highest BCUT2D eigenvalue weighted by atomic mass is 14.4. The molecule has 11 heavy (non-hydrogen) atoms. The largest absolute Gasteiger partial charge is 0.0832 e. The standard InChI is InChI=1S/C11H10/c1-3-9-7-10-4-2-6-11(10,5-1)8-9/h1-3,5-7H,4,8H2. The normalized spacial score (nSPS) is 37.1. The topological polar surface area (TPSA) is 0 Å². The Labute approximate surface area is 66.6 Å². The summed E-state index contributed by atoms with van der Waals surface area (Å²) < 4.78 is 0. The second-order valence-electron chi connectivity index (χ2n) is 3.59. The first-order chi connectivity index (χ1) is 5.39. The van der Waals surface area contributed by atoms with E-state index in [1.165, 1.54) is 18.4 Å². The molecule has 0 fully saturated rings. The summed E-state index contributed by atoms with van der Waals surface area (Å²) in [6.45, 7) is 0. The zero-order chi connectivity index (χ0) is 7.31. The minimum Gasteiger partial charge on any atom is -0.0832 e. The highest BCUT2D eigenvalue weighted by Crippen LogP contribution is 2.51. The molecule has 2 bridgehead atoms. The van der Waals surface area contributed by atoms with Crippen LogP contribution in [0.5, 0.6) is 0 Å². The molecule has 0 heteroatoms. The Hall–Kier alpha value is -1.04. The summed E-state index contributed by atoms with van der Waals surface area (Å²) in [6.07, 6.45) is 16.1. The van der Waals surface area contributed by atoms with E-state index in [0.29, 0.717) is 5.41 Å². The quantitative estimate of drug-likeness (QED) is 0.456. The van der Waals surface area contributed by atoms with Gasteiger partial charge in [-0.2, -0.15) is 0 Å². The summed E-state index contributed by atoms with van der Waals surface area (Å²) in [4.78, 5) is 0. The van der Waals surface area contributed by atoms with Gasteiger partial charge in [0.05, 0.1) is 0 Å². The summed E-state index contributed by atoms with van der Waals surface area (Å²) in [5, 5.41) is 0. The van der Waals surface area contributed by atoms with E-state index < -0.39 is 0 Å². The van der Waals surface area contributed by atoms with Crippen LogP contribution in [0.1, 0.15) is 12.8 Å². The molecular formula is C11H10. The molecule has 0 radical (unpaired) electrons.